The van der Waals surface area contributed by atoms with Crippen LogP contribution in [-0.2, 0) is 59.1 Å². The molecule has 12 nitrogen and oxygen atoms in total. The van der Waals surface area contributed by atoms with Crippen molar-refractivity contribution in [3.8, 4) is 0 Å². The molecule has 2 saturated carbocycles. The third-order valence-corrected chi connectivity index (χ3v) is 10.6. The number of carbonyl (C=O) groups is 1. The Kier molecular flexibility index (Phi) is 19.7. The maximum absolute atomic E-state index is 11.8. The van der Waals surface area contributed by atoms with Gasteiger partial charge in [0, 0.05) is 5.57 Å². The van der Waals surface area contributed by atoms with Crippen molar-refractivity contribution in [3.63, 3.8) is 0 Å². The molecule has 2 fully saturated rings. The average molecular weight is 705 g/mol. The molecule has 2 atom stereocenters. The molecule has 0 aromatic carbocycles. The SMILES string of the molecule is C=CCOOCC(COC1CCC(C(C)(C)C2CCC(OCC(COC(=O)C(=C)C)OP=S(O)O)CC2)CC1)OP=S(O)O. The van der Waals surface area contributed by atoms with Crippen LogP contribution in [-0.4, -0.2) is 81.6 Å². The van der Waals surface area contributed by atoms with E-state index < -0.39 is 39.4 Å². The van der Waals surface area contributed by atoms with Crippen LogP contribution in [0.25, 0.3) is 0 Å². The van der Waals surface area contributed by atoms with E-state index in [-0.39, 0.29) is 71.4 Å². The Labute approximate surface area is 269 Å². The number of ether oxygens (including phenoxy) is 3. The lowest BCUT2D eigenvalue weighted by atomic mass is 9.60. The molecule has 16 heteroatoms. The maximum Gasteiger partial charge on any atom is 0.333 e. The molecule has 0 heterocycles. The van der Waals surface area contributed by atoms with Crippen LogP contribution in [0.5, 0.6) is 0 Å². The molecule has 4 N–H and O–H groups in total. The third kappa shape index (κ3) is 15.6. The number of hydrogen-bond donors (Lipinski definition) is 4. The van der Waals surface area contributed by atoms with Crippen LogP contribution in [0.2, 0.25) is 0 Å². The van der Waals surface area contributed by atoms with Gasteiger partial charge in [-0.1, -0.05) is 26.5 Å². The zero-order chi connectivity index (χ0) is 32.5. The van der Waals surface area contributed by atoms with Crippen LogP contribution in [0, 0.1) is 17.3 Å². The smallest absolute Gasteiger partial charge is 0.333 e. The van der Waals surface area contributed by atoms with Crippen molar-refractivity contribution in [1.29, 1.82) is 0 Å². The van der Waals surface area contributed by atoms with Gasteiger partial charge in [-0.05, 0) is 75.5 Å². The molecule has 0 radical (unpaired) electrons. The molecule has 0 aromatic rings. The molecule has 2 aliphatic carbocycles. The van der Waals surface area contributed by atoms with Crippen LogP contribution in [0.15, 0.2) is 24.8 Å². The minimum absolute atomic E-state index is 0.00763. The van der Waals surface area contributed by atoms with Crippen molar-refractivity contribution in [1.82, 2.24) is 0 Å². The quantitative estimate of drug-likeness (QED) is 0.0198. The topological polar surface area (TPSA) is 163 Å². The van der Waals surface area contributed by atoms with Crippen molar-refractivity contribution >= 4 is 42.4 Å². The van der Waals surface area contributed by atoms with Gasteiger partial charge in [0.2, 0.25) is 0 Å². The standard InChI is InChI=1S/C28H50O12P2S2/c1-6-15-37-38-19-26(40-42-44(32)33)17-35-24-13-9-22(10-14-24)28(4,5)21-7-11-23(12-8-21)34-16-25(39-41-43(30)31)18-36-27(29)20(2)3/h6,21-26,30-33H,1-2,7-19H2,3-5H3. The van der Waals surface area contributed by atoms with Gasteiger partial charge >= 0.3 is 5.97 Å². The Bertz CT molecular complexity index is 943. The lowest BCUT2D eigenvalue weighted by molar-refractivity contribution is -0.297. The minimum Gasteiger partial charge on any atom is -0.459 e. The molecular formula is C28H50O12P2S2. The summed E-state index contributed by atoms with van der Waals surface area (Å²) in [6.07, 6.45) is 8.68. The van der Waals surface area contributed by atoms with E-state index in [0.717, 1.165) is 51.4 Å². The fraction of sp³-hybridized carbons (Fsp3) is 0.821. The van der Waals surface area contributed by atoms with Crippen molar-refractivity contribution in [2.24, 2.45) is 17.3 Å². The summed E-state index contributed by atoms with van der Waals surface area (Å²) >= 11 is 0. The van der Waals surface area contributed by atoms with Gasteiger partial charge in [0.25, 0.3) is 0 Å². The highest BCUT2D eigenvalue weighted by molar-refractivity contribution is 8.12. The Morgan fingerprint density at radius 2 is 1.27 bits per heavy atom. The molecule has 2 aliphatic rings. The number of esters is 1. The molecule has 0 aromatic heterocycles. The van der Waals surface area contributed by atoms with Crippen LogP contribution in [0.1, 0.15) is 72.1 Å². The van der Waals surface area contributed by atoms with Gasteiger partial charge in [-0.2, -0.15) is 0 Å². The third-order valence-electron chi connectivity index (χ3n) is 8.28. The Balaban J connectivity index is 1.77. The van der Waals surface area contributed by atoms with E-state index in [1.54, 1.807) is 13.0 Å². The molecule has 0 aliphatic heterocycles. The minimum atomic E-state index is -1.90. The zero-order valence-corrected chi connectivity index (χ0v) is 29.3. The number of carbonyl (C=O) groups excluding carboxylic acids is 1. The van der Waals surface area contributed by atoms with E-state index in [1.807, 2.05) is 0 Å². The fourth-order valence-corrected chi connectivity index (χ4v) is 7.53. The predicted molar refractivity (Wildman–Crippen MR) is 174 cm³/mol. The molecule has 2 unspecified atom stereocenters. The zero-order valence-electron chi connectivity index (χ0n) is 25.9. The average Bonchev–Trinajstić information content (AvgIpc) is 2.99. The van der Waals surface area contributed by atoms with E-state index in [1.165, 1.54) is 0 Å². The van der Waals surface area contributed by atoms with Crippen molar-refractivity contribution < 1.29 is 56.0 Å². The van der Waals surface area contributed by atoms with Gasteiger partial charge in [-0.15, -0.1) is 6.58 Å². The fourth-order valence-electron chi connectivity index (χ4n) is 5.70. The molecule has 0 saturated heterocycles. The molecule has 2 rings (SSSR count). The first kappa shape index (κ1) is 40.0. The Morgan fingerprint density at radius 1 is 0.818 bits per heavy atom. The molecule has 0 spiro atoms. The summed E-state index contributed by atoms with van der Waals surface area (Å²) in [6, 6.07) is 0. The second-order valence-corrected chi connectivity index (χ2v) is 16.3. The normalized spacial score (nSPS) is 24.5. The van der Waals surface area contributed by atoms with Crippen molar-refractivity contribution in [2.45, 2.75) is 96.6 Å². The summed E-state index contributed by atoms with van der Waals surface area (Å²) < 4.78 is 65.1. The molecule has 0 bridgehead atoms. The lowest BCUT2D eigenvalue weighted by Gasteiger charge is -2.46. The summed E-state index contributed by atoms with van der Waals surface area (Å²) in [7, 11) is -3.71. The maximum atomic E-state index is 11.8. The largest absolute Gasteiger partial charge is 0.459 e. The molecule has 44 heavy (non-hydrogen) atoms. The van der Waals surface area contributed by atoms with E-state index in [9.17, 15) is 13.9 Å². The highest BCUT2D eigenvalue weighted by Crippen LogP contribution is 2.49. The summed E-state index contributed by atoms with van der Waals surface area (Å²) in [5, 5.41) is 0. The second-order valence-electron chi connectivity index (χ2n) is 11.8. The first-order chi connectivity index (χ1) is 20.9. The number of rotatable bonds is 20. The molecular weight excluding hydrogens is 654 g/mol. The van der Waals surface area contributed by atoms with Gasteiger partial charge in [-0.3, -0.25) is 0 Å². The second kappa shape index (κ2) is 21.7. The predicted octanol–water partition coefficient (Wildman–Crippen LogP) is 6.87. The van der Waals surface area contributed by atoms with E-state index in [4.69, 9.17) is 42.1 Å². The Hall–Kier alpha value is -0.150. The van der Waals surface area contributed by atoms with Gasteiger partial charge in [0.15, 0.2) is 0 Å². The van der Waals surface area contributed by atoms with Crippen molar-refractivity contribution in [2.75, 3.05) is 33.0 Å². The molecule has 0 amide bonds. The van der Waals surface area contributed by atoms with Gasteiger partial charge < -0.3 is 41.5 Å². The first-order valence-corrected chi connectivity index (χ1v) is 19.9. The number of hydrogen-bond acceptors (Lipinski definition) is 8. The van der Waals surface area contributed by atoms with Crippen LogP contribution in [0.4, 0.5) is 0 Å². The van der Waals surface area contributed by atoms with Gasteiger partial charge in [0.05, 0.1) is 25.4 Å². The molecule has 256 valence electrons. The van der Waals surface area contributed by atoms with Crippen LogP contribution < -0.4 is 0 Å². The first-order valence-electron chi connectivity index (χ1n) is 14.8. The van der Waals surface area contributed by atoms with E-state index in [0.29, 0.717) is 11.8 Å². The van der Waals surface area contributed by atoms with Gasteiger partial charge in [0.1, 0.15) is 68.5 Å². The lowest BCUT2D eigenvalue weighted by Crippen LogP contribution is -2.40. The Morgan fingerprint density at radius 3 is 1.68 bits per heavy atom. The highest BCUT2D eigenvalue weighted by Gasteiger charge is 2.41. The van der Waals surface area contributed by atoms with Gasteiger partial charge in [-0.25, -0.2) is 14.6 Å². The van der Waals surface area contributed by atoms with Crippen LogP contribution in [0.3, 0.4) is 0 Å². The van der Waals surface area contributed by atoms with E-state index in [2.05, 4.69) is 27.0 Å². The highest BCUT2D eigenvalue weighted by atomic mass is 32.5. The van der Waals surface area contributed by atoms with E-state index >= 15 is 0 Å². The summed E-state index contributed by atoms with van der Waals surface area (Å²) in [4.78, 5) is 21.9. The monoisotopic (exact) mass is 704 g/mol. The summed E-state index contributed by atoms with van der Waals surface area (Å²) in [5.41, 5.74) is 0.456. The van der Waals surface area contributed by atoms with Crippen LogP contribution >= 0.6 is 15.2 Å². The van der Waals surface area contributed by atoms with Crippen molar-refractivity contribution in [3.05, 3.63) is 24.8 Å². The summed E-state index contributed by atoms with van der Waals surface area (Å²) in [5.74, 6) is 0.636. The summed E-state index contributed by atoms with van der Waals surface area (Å²) in [6.45, 7) is 14.2.